The fourth-order valence-electron chi connectivity index (χ4n) is 3.53. The number of rotatable bonds is 5. The highest BCUT2D eigenvalue weighted by Gasteiger charge is 2.17. The lowest BCUT2D eigenvalue weighted by Gasteiger charge is -2.10. The lowest BCUT2D eigenvalue weighted by Crippen LogP contribution is -2.10. The van der Waals surface area contributed by atoms with Crippen molar-refractivity contribution in [2.45, 2.75) is 20.4 Å². The number of pyridine rings is 1. The van der Waals surface area contributed by atoms with Gasteiger partial charge in [-0.25, -0.2) is 15.0 Å². The molecule has 3 aromatic heterocycles. The van der Waals surface area contributed by atoms with Crippen LogP contribution in [0.4, 0.5) is 0 Å². The van der Waals surface area contributed by atoms with Gasteiger partial charge in [-0.05, 0) is 57.3 Å². The predicted molar refractivity (Wildman–Crippen MR) is 118 cm³/mol. The van der Waals surface area contributed by atoms with E-state index >= 15 is 0 Å². The van der Waals surface area contributed by atoms with Crippen LogP contribution >= 0.6 is 0 Å². The smallest absolute Gasteiger partial charge is 0.138 e. The van der Waals surface area contributed by atoms with Crippen molar-refractivity contribution in [3.63, 3.8) is 0 Å². The zero-order chi connectivity index (χ0) is 20.4. The van der Waals surface area contributed by atoms with E-state index in [-0.39, 0.29) is 0 Å². The van der Waals surface area contributed by atoms with E-state index in [4.69, 9.17) is 4.98 Å². The number of hydrogen-bond acceptors (Lipinski definition) is 4. The first-order valence-corrected chi connectivity index (χ1v) is 9.74. The third-order valence-corrected chi connectivity index (χ3v) is 4.75. The van der Waals surface area contributed by atoms with Crippen molar-refractivity contribution < 1.29 is 0 Å². The summed E-state index contributed by atoms with van der Waals surface area (Å²) in [5.41, 5.74) is 7.18. The van der Waals surface area contributed by atoms with Crippen LogP contribution in [0.15, 0.2) is 60.9 Å². The number of aryl methyl sites for hydroxylation is 1. The van der Waals surface area contributed by atoms with Crippen molar-refractivity contribution in [2.75, 3.05) is 14.1 Å². The molecule has 0 unspecified atom stereocenters. The van der Waals surface area contributed by atoms with Gasteiger partial charge in [-0.15, -0.1) is 0 Å². The molecule has 0 fully saturated rings. The van der Waals surface area contributed by atoms with E-state index in [0.29, 0.717) is 0 Å². The van der Waals surface area contributed by atoms with Gasteiger partial charge in [0.2, 0.25) is 0 Å². The van der Waals surface area contributed by atoms with Crippen LogP contribution in [0.5, 0.6) is 0 Å². The van der Waals surface area contributed by atoms with Crippen LogP contribution in [0.1, 0.15) is 23.9 Å². The average Bonchev–Trinajstić information content (AvgIpc) is 3.07. The zero-order valence-electron chi connectivity index (χ0n) is 17.3. The molecule has 0 aliphatic carbocycles. The van der Waals surface area contributed by atoms with Gasteiger partial charge in [0.05, 0.1) is 17.1 Å². The zero-order valence-corrected chi connectivity index (χ0v) is 17.3. The van der Waals surface area contributed by atoms with Crippen LogP contribution in [-0.2, 0) is 6.54 Å². The molecule has 0 saturated heterocycles. The Morgan fingerprint density at radius 1 is 1.03 bits per heavy atom. The Kier molecular flexibility index (Phi) is 5.23. The largest absolute Gasteiger partial charge is 0.305 e. The summed E-state index contributed by atoms with van der Waals surface area (Å²) in [6, 6.07) is 14.7. The highest BCUT2D eigenvalue weighted by atomic mass is 15.1. The fourth-order valence-corrected chi connectivity index (χ4v) is 3.53. The molecule has 0 N–H and O–H groups in total. The molecule has 4 aromatic rings. The average molecular weight is 383 g/mol. The summed E-state index contributed by atoms with van der Waals surface area (Å²) in [7, 11) is 4.14. The summed E-state index contributed by atoms with van der Waals surface area (Å²) < 4.78 is 2.12. The van der Waals surface area contributed by atoms with Crippen molar-refractivity contribution in [3.8, 4) is 22.6 Å². The molecule has 5 heteroatoms. The van der Waals surface area contributed by atoms with Crippen LogP contribution in [0.25, 0.3) is 34.4 Å². The van der Waals surface area contributed by atoms with Crippen LogP contribution in [-0.4, -0.2) is 38.3 Å². The minimum atomic E-state index is 0.746. The second-order valence-corrected chi connectivity index (χ2v) is 7.42. The summed E-state index contributed by atoms with van der Waals surface area (Å²) in [6.07, 6.45) is 8.03. The van der Waals surface area contributed by atoms with E-state index in [1.54, 1.807) is 6.20 Å². The SMILES string of the molecule is C/C=C/c1ccc(-c2nc3cc(CN(C)C)ccn3c2-c2ccnc(C)n2)cc1. The number of imidazole rings is 1. The second kappa shape index (κ2) is 7.97. The maximum Gasteiger partial charge on any atom is 0.138 e. The molecule has 1 aromatic carbocycles. The molecule has 146 valence electrons. The van der Waals surface area contributed by atoms with Crippen LogP contribution in [0.3, 0.4) is 0 Å². The number of fused-ring (bicyclic) bond motifs is 1. The minimum Gasteiger partial charge on any atom is -0.305 e. The molecule has 3 heterocycles. The summed E-state index contributed by atoms with van der Waals surface area (Å²) in [4.78, 5) is 16.1. The molecule has 0 spiro atoms. The highest BCUT2D eigenvalue weighted by molar-refractivity contribution is 5.81. The first-order valence-electron chi connectivity index (χ1n) is 9.74. The summed E-state index contributed by atoms with van der Waals surface area (Å²) >= 11 is 0. The quantitative estimate of drug-likeness (QED) is 0.494. The Morgan fingerprint density at radius 3 is 2.52 bits per heavy atom. The van der Waals surface area contributed by atoms with Crippen molar-refractivity contribution in [2.24, 2.45) is 0 Å². The van der Waals surface area contributed by atoms with Crippen molar-refractivity contribution in [3.05, 3.63) is 77.9 Å². The Labute approximate surface area is 171 Å². The number of nitrogens with zero attached hydrogens (tertiary/aromatic N) is 5. The van der Waals surface area contributed by atoms with E-state index < -0.39 is 0 Å². The number of allylic oxidation sites excluding steroid dienone is 1. The summed E-state index contributed by atoms with van der Waals surface area (Å²) in [5.74, 6) is 0.746. The Balaban J connectivity index is 1.92. The first kappa shape index (κ1) is 19.0. The monoisotopic (exact) mass is 383 g/mol. The summed E-state index contributed by atoms with van der Waals surface area (Å²) in [6.45, 7) is 4.81. The fraction of sp³-hybridized carbons (Fsp3) is 0.208. The van der Waals surface area contributed by atoms with Gasteiger partial charge in [0, 0.05) is 24.5 Å². The van der Waals surface area contributed by atoms with Crippen LogP contribution in [0, 0.1) is 6.92 Å². The predicted octanol–water partition coefficient (Wildman–Crippen LogP) is 4.86. The maximum absolute atomic E-state index is 5.00. The number of hydrogen-bond donors (Lipinski definition) is 0. The van der Waals surface area contributed by atoms with E-state index in [0.717, 1.165) is 40.7 Å². The number of aromatic nitrogens is 4. The second-order valence-electron chi connectivity index (χ2n) is 7.42. The molecule has 4 rings (SSSR count). The van der Waals surface area contributed by atoms with Gasteiger partial charge in [0.15, 0.2) is 0 Å². The van der Waals surface area contributed by atoms with Crippen LogP contribution in [0.2, 0.25) is 0 Å². The molecule has 0 radical (unpaired) electrons. The standard InChI is InChI=1S/C24H25N5/c1-5-6-18-7-9-20(10-8-18)23-24(21-11-13-25-17(2)26-21)29-14-12-19(16-28(3)4)15-22(29)27-23/h5-15H,16H2,1-4H3/b6-5+. The van der Waals surface area contributed by atoms with Gasteiger partial charge < -0.3 is 4.90 Å². The van der Waals surface area contributed by atoms with Gasteiger partial charge >= 0.3 is 0 Å². The molecular weight excluding hydrogens is 358 g/mol. The van der Waals surface area contributed by atoms with Gasteiger partial charge in [-0.1, -0.05) is 36.4 Å². The molecule has 0 amide bonds. The first-order chi connectivity index (χ1) is 14.0. The van der Waals surface area contributed by atoms with Crippen molar-refractivity contribution in [1.29, 1.82) is 0 Å². The third-order valence-electron chi connectivity index (χ3n) is 4.75. The molecule has 0 aliphatic rings. The molecule has 0 bridgehead atoms. The van der Waals surface area contributed by atoms with Gasteiger partial charge in [-0.2, -0.15) is 0 Å². The Bertz CT molecular complexity index is 1170. The van der Waals surface area contributed by atoms with E-state index in [1.165, 1.54) is 11.1 Å². The van der Waals surface area contributed by atoms with Crippen molar-refractivity contribution >= 4 is 11.7 Å². The van der Waals surface area contributed by atoms with E-state index in [2.05, 4.69) is 82.0 Å². The summed E-state index contributed by atoms with van der Waals surface area (Å²) in [5, 5.41) is 0. The molecule has 29 heavy (non-hydrogen) atoms. The van der Waals surface area contributed by atoms with Gasteiger partial charge in [0.25, 0.3) is 0 Å². The Hall–Kier alpha value is -3.31. The van der Waals surface area contributed by atoms with Gasteiger partial charge in [0.1, 0.15) is 11.5 Å². The molecular formula is C24H25N5. The maximum atomic E-state index is 5.00. The van der Waals surface area contributed by atoms with Crippen LogP contribution < -0.4 is 0 Å². The third kappa shape index (κ3) is 3.96. The lowest BCUT2D eigenvalue weighted by molar-refractivity contribution is 0.402. The molecule has 0 atom stereocenters. The lowest BCUT2D eigenvalue weighted by atomic mass is 10.1. The number of benzene rings is 1. The normalized spacial score (nSPS) is 11.8. The highest BCUT2D eigenvalue weighted by Crippen LogP contribution is 2.32. The van der Waals surface area contributed by atoms with E-state index in [9.17, 15) is 0 Å². The molecule has 0 aliphatic heterocycles. The molecule has 0 saturated carbocycles. The molecule has 5 nitrogen and oxygen atoms in total. The Morgan fingerprint density at radius 2 is 1.83 bits per heavy atom. The topological polar surface area (TPSA) is 46.3 Å². The van der Waals surface area contributed by atoms with E-state index in [1.807, 2.05) is 26.0 Å². The minimum absolute atomic E-state index is 0.746. The van der Waals surface area contributed by atoms with Crippen molar-refractivity contribution in [1.82, 2.24) is 24.3 Å². The van der Waals surface area contributed by atoms with Gasteiger partial charge in [-0.3, -0.25) is 4.40 Å².